The third-order valence-corrected chi connectivity index (χ3v) is 15.9. The van der Waals surface area contributed by atoms with Gasteiger partial charge in [0.15, 0.2) is 0 Å². The van der Waals surface area contributed by atoms with E-state index < -0.39 is 0 Å². The summed E-state index contributed by atoms with van der Waals surface area (Å²) in [6.45, 7) is 35.8. The van der Waals surface area contributed by atoms with Crippen LogP contribution < -0.4 is 22.9 Å². The zero-order chi connectivity index (χ0) is 63.8. The molecule has 17 heteroatoms. The molecule has 5 aromatic carbocycles. The monoisotopic (exact) mass is 1210 g/mol. The molecule has 17 nitrogen and oxygen atoms in total. The lowest BCUT2D eigenvalue weighted by molar-refractivity contribution is -0.0126. The van der Waals surface area contributed by atoms with Gasteiger partial charge in [0.05, 0.1) is 66.1 Å². The van der Waals surface area contributed by atoms with Crippen molar-refractivity contribution in [1.29, 1.82) is 0 Å². The van der Waals surface area contributed by atoms with Crippen LogP contribution >= 0.6 is 0 Å². The fraction of sp³-hybridized carbons (Fsp3) is 0.571. The van der Waals surface area contributed by atoms with E-state index in [1.807, 2.05) is 36.4 Å². The summed E-state index contributed by atoms with van der Waals surface area (Å²) in [5, 5.41) is 43.3. The second kappa shape index (κ2) is 35.8. The second-order valence-corrected chi connectivity index (χ2v) is 26.7. The van der Waals surface area contributed by atoms with Gasteiger partial charge in [-0.1, -0.05) is 130 Å². The summed E-state index contributed by atoms with van der Waals surface area (Å²) in [6, 6.07) is 31.2. The van der Waals surface area contributed by atoms with Crippen molar-refractivity contribution in [2.24, 2.45) is 46.6 Å². The van der Waals surface area contributed by atoms with E-state index in [4.69, 9.17) is 46.6 Å². The molecule has 6 atom stereocenters. The number of ether oxygens (including phenoxy) is 5. The lowest BCUT2D eigenvalue weighted by Gasteiger charge is -2.29. The Morgan fingerprint density at radius 3 is 0.920 bits per heavy atom. The number of benzene rings is 5. The van der Waals surface area contributed by atoms with Gasteiger partial charge in [0.1, 0.15) is 23.0 Å². The van der Waals surface area contributed by atoms with Gasteiger partial charge in [-0.05, 0) is 94.5 Å². The highest BCUT2D eigenvalue weighted by Gasteiger charge is 2.22. The van der Waals surface area contributed by atoms with Crippen LogP contribution in [-0.4, -0.2) is 145 Å². The Labute approximate surface area is 521 Å². The molecule has 0 aromatic heterocycles. The zero-order valence-corrected chi connectivity index (χ0v) is 54.8. The Hall–Kier alpha value is -5.22. The summed E-state index contributed by atoms with van der Waals surface area (Å²) < 4.78 is 30.5. The maximum Gasteiger partial charge on any atom is 0.120 e. The van der Waals surface area contributed by atoms with Gasteiger partial charge in [0.25, 0.3) is 0 Å². The van der Waals surface area contributed by atoms with Crippen molar-refractivity contribution >= 4 is 0 Å². The van der Waals surface area contributed by atoms with Crippen molar-refractivity contribution in [2.45, 2.75) is 145 Å². The molecule has 12 N–H and O–H groups in total. The van der Waals surface area contributed by atoms with E-state index in [9.17, 15) is 20.4 Å². The predicted molar refractivity (Wildman–Crippen MR) is 351 cm³/mol. The van der Waals surface area contributed by atoms with Gasteiger partial charge in [-0.15, -0.1) is 0 Å². The number of nitrogens with two attached hydrogens (primary N) is 4. The fourth-order valence-electron chi connectivity index (χ4n) is 10.2. The van der Waals surface area contributed by atoms with E-state index in [0.717, 1.165) is 50.1 Å². The molecule has 0 aliphatic carbocycles. The lowest BCUT2D eigenvalue weighted by atomic mass is 9.86. The molecular weight excluding hydrogens is 1100 g/mol. The molecule has 0 aliphatic heterocycles. The molecule has 0 fully saturated rings. The van der Waals surface area contributed by atoms with Crippen LogP contribution in [0.25, 0.3) is 11.1 Å². The Balaban J connectivity index is 0.967. The summed E-state index contributed by atoms with van der Waals surface area (Å²) in [5.74, 6) is 1.82. The van der Waals surface area contributed by atoms with E-state index in [1.54, 1.807) is 24.3 Å². The van der Waals surface area contributed by atoms with Gasteiger partial charge < -0.3 is 67.0 Å². The average molecular weight is 1210 g/mol. The molecular formula is C70H110N8O9. The minimum absolute atomic E-state index is 0.0127. The lowest BCUT2D eigenvalue weighted by Crippen LogP contribution is -2.40. The molecule has 484 valence electrons. The molecule has 0 bridgehead atoms. The molecule has 87 heavy (non-hydrogen) atoms. The van der Waals surface area contributed by atoms with E-state index in [-0.39, 0.29) is 82.9 Å². The third kappa shape index (κ3) is 24.6. The normalized spacial score (nSPS) is 14.5. The molecule has 0 heterocycles. The highest BCUT2D eigenvalue weighted by molar-refractivity contribution is 5.67. The molecule has 0 aliphatic rings. The van der Waals surface area contributed by atoms with E-state index in [1.165, 1.54) is 5.56 Å². The number of rotatable bonds is 39. The molecule has 0 radical (unpaired) electrons. The zero-order valence-electron chi connectivity index (χ0n) is 54.8. The molecule has 5 aromatic rings. The molecule has 0 amide bonds. The van der Waals surface area contributed by atoms with Crippen molar-refractivity contribution in [3.63, 3.8) is 0 Å². The van der Waals surface area contributed by atoms with Gasteiger partial charge in [0.2, 0.25) is 0 Å². The van der Waals surface area contributed by atoms with Gasteiger partial charge in [-0.3, -0.25) is 19.6 Å². The van der Waals surface area contributed by atoms with Gasteiger partial charge in [-0.2, -0.15) is 0 Å². The summed E-state index contributed by atoms with van der Waals surface area (Å²) in [7, 11) is 0. The average Bonchev–Trinajstić information content (AvgIpc) is 2.38. The largest absolute Gasteiger partial charge is 0.508 e. The van der Waals surface area contributed by atoms with Crippen LogP contribution in [0.4, 0.5) is 0 Å². The van der Waals surface area contributed by atoms with Crippen molar-refractivity contribution in [3.8, 4) is 34.1 Å². The maximum atomic E-state index is 11.0. The number of hydrogen-bond acceptors (Lipinski definition) is 17. The second-order valence-electron chi connectivity index (χ2n) is 26.7. The van der Waals surface area contributed by atoms with Crippen molar-refractivity contribution in [1.82, 2.24) is 19.6 Å². The van der Waals surface area contributed by atoms with Crippen molar-refractivity contribution in [3.05, 3.63) is 142 Å². The number of phenolic OH excluding ortho intramolecular Hbond substituents is 4. The highest BCUT2D eigenvalue weighted by atomic mass is 16.5. The Morgan fingerprint density at radius 1 is 0.345 bits per heavy atom. The van der Waals surface area contributed by atoms with Gasteiger partial charge >= 0.3 is 0 Å². The van der Waals surface area contributed by atoms with Crippen LogP contribution in [0.3, 0.4) is 0 Å². The SMILES string of the molecule is CC(COCC(C)COCC(C)COCC(C)N(CN)Cc1cc(C(C)(C)C)ccc1O)COCC(C)COCC(C)N(CN)Cc1cc(-c2ccc(O)c(CN(CN)Cc3ccc(CN(CN)Cc4cc(C(C)(C)C)ccc4O)cc3)c2)ccc1O. The van der Waals surface area contributed by atoms with Gasteiger partial charge in [-0.25, -0.2) is 0 Å². The summed E-state index contributed by atoms with van der Waals surface area (Å²) >= 11 is 0. The Kier molecular flexibility index (Phi) is 29.9. The standard InChI is InChI=1S/C70H110N8O9/c1-49(35-83-36-50(2)38-85-40-52(4)42-87-44-54(6)78(48-74)34-62-28-64(70(10,11)12)20-24-68(62)82)37-84-39-51(3)41-86-43-53(5)77(47-73)33-60-26-58(18-22-66(60)80)57-17-21-65(79)59(25-57)31-75(45-71)29-55-13-15-56(16-14-55)30-76(46-72)32-61-27-63(69(7,8)9)19-23-67(61)81/h13-28,49-54,79-82H,29-48,71-74H2,1-12H3. The fourth-order valence-corrected chi connectivity index (χ4v) is 10.2. The minimum Gasteiger partial charge on any atom is -0.508 e. The molecule has 6 unspecified atom stereocenters. The topological polar surface area (TPSA) is 244 Å². The van der Waals surface area contributed by atoms with Crippen LogP contribution in [0.1, 0.15) is 128 Å². The van der Waals surface area contributed by atoms with E-state index >= 15 is 0 Å². The summed E-state index contributed by atoms with van der Waals surface area (Å²) in [6.07, 6.45) is 0. The van der Waals surface area contributed by atoms with E-state index in [2.05, 4.69) is 139 Å². The van der Waals surface area contributed by atoms with Crippen LogP contribution in [0.2, 0.25) is 0 Å². The van der Waals surface area contributed by atoms with Crippen LogP contribution in [0.5, 0.6) is 23.0 Å². The van der Waals surface area contributed by atoms with Crippen molar-refractivity contribution < 1.29 is 44.1 Å². The predicted octanol–water partition coefficient (Wildman–Crippen LogP) is 10.1. The highest BCUT2D eigenvalue weighted by Crippen LogP contribution is 2.33. The van der Waals surface area contributed by atoms with Gasteiger partial charge in [0, 0.05) is 124 Å². The first-order valence-electron chi connectivity index (χ1n) is 31.3. The number of phenols is 4. The Morgan fingerprint density at radius 2 is 0.621 bits per heavy atom. The number of aromatic hydroxyl groups is 4. The third-order valence-electron chi connectivity index (χ3n) is 15.9. The van der Waals surface area contributed by atoms with Crippen LogP contribution in [0.15, 0.2) is 97.1 Å². The first-order valence-corrected chi connectivity index (χ1v) is 31.3. The molecule has 0 spiro atoms. The van der Waals surface area contributed by atoms with Crippen molar-refractivity contribution in [2.75, 3.05) is 92.7 Å². The summed E-state index contributed by atoms with van der Waals surface area (Å²) in [4.78, 5) is 8.38. The number of nitrogens with zero attached hydrogens (tertiary/aromatic N) is 4. The van der Waals surface area contributed by atoms with Crippen LogP contribution in [-0.2, 0) is 73.8 Å². The smallest absolute Gasteiger partial charge is 0.120 e. The van der Waals surface area contributed by atoms with Crippen LogP contribution in [0, 0.1) is 23.7 Å². The quantitative estimate of drug-likeness (QED) is 0.0171. The first kappa shape index (κ1) is 72.5. The Bertz CT molecular complexity index is 2790. The molecule has 0 saturated heterocycles. The molecule has 5 rings (SSSR count). The maximum absolute atomic E-state index is 11.0. The first-order chi connectivity index (χ1) is 41.3. The van der Waals surface area contributed by atoms with E-state index in [0.29, 0.717) is 119 Å². The number of hydrogen-bond donors (Lipinski definition) is 8. The minimum atomic E-state index is -0.0342. The summed E-state index contributed by atoms with van der Waals surface area (Å²) in [5.41, 5.74) is 34.4. The molecule has 0 saturated carbocycles.